The Hall–Kier alpha value is -2.98. The monoisotopic (exact) mass is 596 g/mol. The van der Waals surface area contributed by atoms with Crippen molar-refractivity contribution < 1.29 is 41.6 Å². The molecule has 2 aliphatic heterocycles. The van der Waals surface area contributed by atoms with E-state index < -0.39 is 61.8 Å². The first-order valence-corrected chi connectivity index (χ1v) is 15.0. The first kappa shape index (κ1) is 30.0. The molecule has 214 valence electrons. The normalized spacial score (nSPS) is 19.1. The van der Waals surface area contributed by atoms with Gasteiger partial charge in [-0.1, -0.05) is 35.9 Å². The molecule has 40 heavy (non-hydrogen) atoms. The van der Waals surface area contributed by atoms with Crippen molar-refractivity contribution in [3.05, 3.63) is 69.7 Å². The highest BCUT2D eigenvalue weighted by molar-refractivity contribution is 7.52. The van der Waals surface area contributed by atoms with E-state index in [-0.39, 0.29) is 37.4 Å². The Morgan fingerprint density at radius 3 is 2.50 bits per heavy atom. The average molecular weight is 597 g/mol. The maximum atomic E-state index is 14.6. The van der Waals surface area contributed by atoms with Gasteiger partial charge in [0.05, 0.1) is 6.61 Å². The first-order chi connectivity index (χ1) is 18.8. The Balaban J connectivity index is 1.41. The molecule has 4 rings (SSSR count). The van der Waals surface area contributed by atoms with E-state index in [1.165, 1.54) is 23.7 Å². The summed E-state index contributed by atoms with van der Waals surface area (Å²) < 4.78 is 51.7. The number of hydrogen-bond acceptors (Lipinski definition) is 7. The second-order valence-corrected chi connectivity index (χ2v) is 12.1. The molecule has 0 aliphatic carbocycles. The summed E-state index contributed by atoms with van der Waals surface area (Å²) in [5.74, 6) is -6.48. The van der Waals surface area contributed by atoms with Crippen LogP contribution in [0.15, 0.2) is 42.5 Å². The van der Waals surface area contributed by atoms with Crippen molar-refractivity contribution in [2.45, 2.75) is 51.1 Å². The van der Waals surface area contributed by atoms with E-state index in [4.69, 9.17) is 20.6 Å². The number of aryl methyl sites for hydroxylation is 1. The van der Waals surface area contributed by atoms with Gasteiger partial charge in [0, 0.05) is 42.2 Å². The molecule has 0 bridgehead atoms. The number of ketones is 1. The summed E-state index contributed by atoms with van der Waals surface area (Å²) in [6.45, 7) is 2.50. The lowest BCUT2D eigenvalue weighted by Gasteiger charge is -2.35. The maximum Gasteiger partial charge on any atom is 0.330 e. The van der Waals surface area contributed by atoms with Crippen LogP contribution in [-0.2, 0) is 46.9 Å². The molecule has 0 aromatic heterocycles. The molecule has 2 aliphatic rings. The highest BCUT2D eigenvalue weighted by atomic mass is 35.5. The van der Waals surface area contributed by atoms with Gasteiger partial charge < -0.3 is 9.42 Å². The number of piperidine rings is 1. The van der Waals surface area contributed by atoms with Gasteiger partial charge in [-0.05, 0) is 49.1 Å². The van der Waals surface area contributed by atoms with Crippen LogP contribution >= 0.6 is 19.2 Å². The molecule has 1 saturated heterocycles. The van der Waals surface area contributed by atoms with Crippen LogP contribution < -0.4 is 0 Å². The van der Waals surface area contributed by atoms with Crippen molar-refractivity contribution in [2.75, 3.05) is 20.0 Å². The molecule has 2 unspecified atom stereocenters. The molecule has 0 radical (unpaired) electrons. The number of benzene rings is 2. The molecule has 0 spiro atoms. The summed E-state index contributed by atoms with van der Waals surface area (Å²) in [4.78, 5) is 53.2. The Labute approximate surface area is 234 Å². The molecule has 9 nitrogen and oxygen atoms in total. The van der Waals surface area contributed by atoms with Crippen LogP contribution in [0.3, 0.4) is 0 Å². The number of Topliss-reactive ketones (excluding diaryl/α,β-unsaturated/α-hetero) is 1. The number of amides is 3. The number of carbonyl (C=O) groups excluding carboxylic acids is 4. The van der Waals surface area contributed by atoms with Gasteiger partial charge in [-0.3, -0.25) is 33.2 Å². The van der Waals surface area contributed by atoms with Crippen LogP contribution in [0.2, 0.25) is 5.02 Å². The third-order valence-corrected chi connectivity index (χ3v) is 8.41. The second-order valence-electron chi connectivity index (χ2n) is 9.59. The minimum atomic E-state index is -3.67. The lowest BCUT2D eigenvalue weighted by Crippen LogP contribution is -2.55. The Morgan fingerprint density at radius 1 is 1.12 bits per heavy atom. The molecule has 1 fully saturated rings. The molecule has 2 atom stereocenters. The first-order valence-electron chi connectivity index (χ1n) is 12.6. The quantitative estimate of drug-likeness (QED) is 0.267. The Morgan fingerprint density at radius 2 is 1.82 bits per heavy atom. The minimum absolute atomic E-state index is 0.0161. The predicted molar refractivity (Wildman–Crippen MR) is 141 cm³/mol. The van der Waals surface area contributed by atoms with E-state index in [1.54, 1.807) is 25.1 Å². The van der Waals surface area contributed by atoms with Gasteiger partial charge in [-0.15, -0.1) is 0 Å². The summed E-state index contributed by atoms with van der Waals surface area (Å²) >= 11 is 5.75. The fourth-order valence-corrected chi connectivity index (χ4v) is 5.71. The smallest absolute Gasteiger partial charge is 0.322 e. The summed E-state index contributed by atoms with van der Waals surface area (Å²) in [6, 6.07) is 8.68. The number of nitrogens with zero attached hydrogens (tertiary/aromatic N) is 2. The van der Waals surface area contributed by atoms with E-state index in [9.17, 15) is 32.5 Å². The lowest BCUT2D eigenvalue weighted by atomic mass is 9.97. The SMILES string of the molecule is CCOP(C)(=O)OCN1C(=O)CCC(N2Cc3cc(CCC(=O)C(F)(F)c4ccc(Cl)cc4)ccc3C2=O)C1=O. The molecule has 3 amide bonds. The molecule has 13 heteroatoms. The summed E-state index contributed by atoms with van der Waals surface area (Å²) in [6.07, 6.45) is -0.294. The lowest BCUT2D eigenvalue weighted by molar-refractivity contribution is -0.156. The third-order valence-electron chi connectivity index (χ3n) is 6.84. The molecule has 0 saturated carbocycles. The van der Waals surface area contributed by atoms with Crippen molar-refractivity contribution in [1.82, 2.24) is 9.80 Å². The van der Waals surface area contributed by atoms with Crippen molar-refractivity contribution in [3.63, 3.8) is 0 Å². The number of hydrogen-bond donors (Lipinski definition) is 0. The molecule has 2 aromatic carbocycles. The van der Waals surface area contributed by atoms with Crippen LogP contribution in [0.25, 0.3) is 0 Å². The number of fused-ring (bicyclic) bond motifs is 1. The maximum absolute atomic E-state index is 14.6. The molecular weight excluding hydrogens is 569 g/mol. The van der Waals surface area contributed by atoms with E-state index >= 15 is 0 Å². The van der Waals surface area contributed by atoms with Crippen LogP contribution in [0.4, 0.5) is 8.78 Å². The van der Waals surface area contributed by atoms with Crippen LogP contribution in [0.1, 0.15) is 53.2 Å². The topological polar surface area (TPSA) is 110 Å². The van der Waals surface area contributed by atoms with E-state index in [0.29, 0.717) is 16.7 Å². The Bertz CT molecular complexity index is 1390. The zero-order chi connectivity index (χ0) is 29.2. The zero-order valence-electron chi connectivity index (χ0n) is 21.9. The summed E-state index contributed by atoms with van der Waals surface area (Å²) in [7, 11) is -3.47. The van der Waals surface area contributed by atoms with Gasteiger partial charge >= 0.3 is 13.5 Å². The number of alkyl halides is 2. The van der Waals surface area contributed by atoms with Gasteiger partial charge in [0.1, 0.15) is 12.8 Å². The van der Waals surface area contributed by atoms with E-state index in [0.717, 1.165) is 17.0 Å². The number of likely N-dealkylation sites (tertiary alicyclic amines) is 1. The van der Waals surface area contributed by atoms with Gasteiger partial charge in [0.2, 0.25) is 11.7 Å². The van der Waals surface area contributed by atoms with Crippen molar-refractivity contribution in [2.24, 2.45) is 0 Å². The van der Waals surface area contributed by atoms with Crippen molar-refractivity contribution in [1.29, 1.82) is 0 Å². The fraction of sp³-hybridized carbons (Fsp3) is 0.407. The number of halogens is 3. The van der Waals surface area contributed by atoms with Crippen molar-refractivity contribution >= 4 is 42.7 Å². The van der Waals surface area contributed by atoms with Crippen LogP contribution in [0, 0.1) is 0 Å². The predicted octanol–water partition coefficient (Wildman–Crippen LogP) is 4.94. The number of rotatable bonds is 11. The van der Waals surface area contributed by atoms with Gasteiger partial charge in [0.25, 0.3) is 11.8 Å². The second kappa shape index (κ2) is 11.9. The van der Waals surface area contributed by atoms with Gasteiger partial charge in [-0.25, -0.2) is 0 Å². The van der Waals surface area contributed by atoms with E-state index in [1.807, 2.05) is 0 Å². The number of carbonyl (C=O) groups is 4. The molecule has 2 heterocycles. The van der Waals surface area contributed by atoms with E-state index in [2.05, 4.69) is 0 Å². The highest BCUT2D eigenvalue weighted by Crippen LogP contribution is 2.44. The highest BCUT2D eigenvalue weighted by Gasteiger charge is 2.43. The van der Waals surface area contributed by atoms with Crippen LogP contribution in [-0.4, -0.2) is 59.3 Å². The van der Waals surface area contributed by atoms with Gasteiger partial charge in [-0.2, -0.15) is 8.78 Å². The number of imide groups is 1. The zero-order valence-corrected chi connectivity index (χ0v) is 23.6. The molecular formula is C27H28ClF2N2O7P. The minimum Gasteiger partial charge on any atom is -0.322 e. The average Bonchev–Trinajstić information content (AvgIpc) is 3.22. The molecule has 2 aromatic rings. The van der Waals surface area contributed by atoms with Crippen molar-refractivity contribution in [3.8, 4) is 0 Å². The molecule has 0 N–H and O–H groups in total. The summed E-state index contributed by atoms with van der Waals surface area (Å²) in [5.41, 5.74) is 1.08. The standard InChI is InChI=1S/C27H28ClF2N2O7P/c1-3-38-40(2,37)39-16-32-24(34)13-11-22(26(32)36)31-15-18-14-17(4-10-21(18)25(31)35)5-12-23(33)27(29,30)19-6-8-20(28)9-7-19/h4,6-10,14,22H,3,5,11-13,15-16H2,1-2H3. The largest absolute Gasteiger partial charge is 0.330 e. The van der Waals surface area contributed by atoms with Crippen LogP contribution in [0.5, 0.6) is 0 Å². The fourth-order valence-electron chi connectivity index (χ4n) is 4.72. The summed E-state index contributed by atoms with van der Waals surface area (Å²) in [5, 5.41) is 0.282. The Kier molecular flexibility index (Phi) is 8.89. The third kappa shape index (κ3) is 6.33. The van der Waals surface area contributed by atoms with Gasteiger partial charge in [0.15, 0.2) is 0 Å².